The van der Waals surface area contributed by atoms with Gasteiger partial charge in [-0.1, -0.05) is 22.4 Å². The van der Waals surface area contributed by atoms with E-state index >= 15 is 0 Å². The number of phenols is 1. The molecule has 3 nitrogen and oxygen atoms in total. The van der Waals surface area contributed by atoms with Crippen molar-refractivity contribution in [3.05, 3.63) is 29.3 Å². The van der Waals surface area contributed by atoms with Crippen molar-refractivity contribution in [3.8, 4) is 5.75 Å². The Morgan fingerprint density at radius 1 is 1.50 bits per heavy atom. The first-order valence-corrected chi connectivity index (χ1v) is 7.21. The molecule has 0 aliphatic heterocycles. The molecule has 98 valence electrons. The largest absolute Gasteiger partial charge is 0.508 e. The number of hydrogen-bond donors (Lipinski definition) is 2. The molecular formula is C14H18BrNO2. The first-order valence-electron chi connectivity index (χ1n) is 6.30. The van der Waals surface area contributed by atoms with Gasteiger partial charge in [0.2, 0.25) is 0 Å². The van der Waals surface area contributed by atoms with Gasteiger partial charge >= 0.3 is 0 Å². The second kappa shape index (κ2) is 5.74. The molecule has 0 radical (unpaired) electrons. The van der Waals surface area contributed by atoms with Crippen LogP contribution in [-0.4, -0.2) is 22.4 Å². The number of halogens is 1. The van der Waals surface area contributed by atoms with Crippen LogP contribution in [0.2, 0.25) is 0 Å². The third-order valence-electron chi connectivity index (χ3n) is 3.55. The van der Waals surface area contributed by atoms with Crippen molar-refractivity contribution in [2.24, 2.45) is 5.92 Å². The Balaban J connectivity index is 1.95. The summed E-state index contributed by atoms with van der Waals surface area (Å²) in [5, 5.41) is 12.3. The van der Waals surface area contributed by atoms with Gasteiger partial charge in [-0.25, -0.2) is 0 Å². The van der Waals surface area contributed by atoms with Gasteiger partial charge in [0.25, 0.3) is 5.91 Å². The van der Waals surface area contributed by atoms with E-state index in [1.54, 1.807) is 18.2 Å². The third-order valence-corrected chi connectivity index (χ3v) is 4.75. The zero-order valence-electron chi connectivity index (χ0n) is 10.4. The molecular weight excluding hydrogens is 294 g/mol. The zero-order valence-corrected chi connectivity index (χ0v) is 12.0. The van der Waals surface area contributed by atoms with Gasteiger partial charge in [0.1, 0.15) is 5.75 Å². The third kappa shape index (κ3) is 3.05. The smallest absolute Gasteiger partial charge is 0.251 e. The Hall–Kier alpha value is -1.03. The van der Waals surface area contributed by atoms with Gasteiger partial charge in [-0.3, -0.25) is 4.79 Å². The van der Waals surface area contributed by atoms with Crippen LogP contribution in [0.1, 0.15) is 35.2 Å². The summed E-state index contributed by atoms with van der Waals surface area (Å²) < 4.78 is 0. The van der Waals surface area contributed by atoms with Gasteiger partial charge in [-0.2, -0.15) is 0 Å². The van der Waals surface area contributed by atoms with Crippen molar-refractivity contribution in [2.45, 2.75) is 31.0 Å². The maximum Gasteiger partial charge on any atom is 0.251 e. The van der Waals surface area contributed by atoms with Crippen LogP contribution in [0.4, 0.5) is 0 Å². The maximum atomic E-state index is 12.0. The van der Waals surface area contributed by atoms with E-state index in [0.29, 0.717) is 16.3 Å². The van der Waals surface area contributed by atoms with Crippen LogP contribution in [0.15, 0.2) is 18.2 Å². The quantitative estimate of drug-likeness (QED) is 0.843. The summed E-state index contributed by atoms with van der Waals surface area (Å²) >= 11 is 3.65. The number of rotatable bonds is 3. The SMILES string of the molecule is Cc1cc(O)ccc1C(=O)NCC1CCCC1Br. The van der Waals surface area contributed by atoms with E-state index in [-0.39, 0.29) is 11.7 Å². The minimum atomic E-state index is -0.0564. The van der Waals surface area contributed by atoms with Crippen LogP contribution in [-0.2, 0) is 0 Å². The normalized spacial score (nSPS) is 23.0. The molecule has 0 aromatic heterocycles. The van der Waals surface area contributed by atoms with Gasteiger partial charge in [-0.15, -0.1) is 0 Å². The first kappa shape index (κ1) is 13.4. The van der Waals surface area contributed by atoms with Crippen LogP contribution in [0, 0.1) is 12.8 Å². The molecule has 2 N–H and O–H groups in total. The molecule has 1 amide bonds. The summed E-state index contributed by atoms with van der Waals surface area (Å²) in [4.78, 5) is 12.6. The summed E-state index contributed by atoms with van der Waals surface area (Å²) in [6.45, 7) is 2.55. The number of hydrogen-bond acceptors (Lipinski definition) is 2. The van der Waals surface area contributed by atoms with Crippen molar-refractivity contribution in [1.82, 2.24) is 5.32 Å². The molecule has 2 unspecified atom stereocenters. The number of phenolic OH excluding ortho intramolecular Hbond substituents is 1. The summed E-state index contributed by atoms with van der Waals surface area (Å²) in [7, 11) is 0. The van der Waals surface area contributed by atoms with Crippen LogP contribution in [0.5, 0.6) is 5.75 Å². The number of aryl methyl sites for hydroxylation is 1. The molecule has 2 rings (SSSR count). The van der Waals surface area contributed by atoms with Crippen LogP contribution >= 0.6 is 15.9 Å². The van der Waals surface area contributed by atoms with Crippen molar-refractivity contribution in [1.29, 1.82) is 0 Å². The highest BCUT2D eigenvalue weighted by Crippen LogP contribution is 2.30. The van der Waals surface area contributed by atoms with Crippen molar-refractivity contribution < 1.29 is 9.90 Å². The summed E-state index contributed by atoms with van der Waals surface area (Å²) in [5.41, 5.74) is 1.44. The Morgan fingerprint density at radius 3 is 2.89 bits per heavy atom. The lowest BCUT2D eigenvalue weighted by atomic mass is 10.1. The van der Waals surface area contributed by atoms with Gasteiger partial charge < -0.3 is 10.4 Å². The number of carbonyl (C=O) groups excluding carboxylic acids is 1. The summed E-state index contributed by atoms with van der Waals surface area (Å²) in [6.07, 6.45) is 3.60. The molecule has 18 heavy (non-hydrogen) atoms. The van der Waals surface area contributed by atoms with E-state index in [0.717, 1.165) is 12.1 Å². The highest BCUT2D eigenvalue weighted by atomic mass is 79.9. The average molecular weight is 312 g/mol. The van der Waals surface area contributed by atoms with Gasteiger partial charge in [-0.05, 0) is 49.4 Å². The Bertz CT molecular complexity index is 447. The second-order valence-corrected chi connectivity index (χ2v) is 6.09. The van der Waals surface area contributed by atoms with Crippen LogP contribution in [0.25, 0.3) is 0 Å². The molecule has 1 aromatic rings. The van der Waals surface area contributed by atoms with Gasteiger partial charge in [0.15, 0.2) is 0 Å². The molecule has 4 heteroatoms. The molecule has 0 heterocycles. The molecule has 1 aliphatic rings. The lowest BCUT2D eigenvalue weighted by molar-refractivity contribution is 0.0947. The number of aromatic hydroxyl groups is 1. The molecule has 0 spiro atoms. The zero-order chi connectivity index (χ0) is 13.1. The number of carbonyl (C=O) groups is 1. The van der Waals surface area contributed by atoms with Gasteiger partial charge in [0.05, 0.1) is 0 Å². The highest BCUT2D eigenvalue weighted by molar-refractivity contribution is 9.09. The first-order chi connectivity index (χ1) is 8.58. The van der Waals surface area contributed by atoms with Crippen molar-refractivity contribution in [2.75, 3.05) is 6.54 Å². The van der Waals surface area contributed by atoms with E-state index in [9.17, 15) is 9.90 Å². The molecule has 1 saturated carbocycles. The number of nitrogens with one attached hydrogen (secondary N) is 1. The van der Waals surface area contributed by atoms with Crippen molar-refractivity contribution >= 4 is 21.8 Å². The predicted octanol–water partition coefficient (Wildman–Crippen LogP) is 2.99. The Kier molecular flexibility index (Phi) is 4.27. The van der Waals surface area contributed by atoms with Gasteiger partial charge in [0, 0.05) is 16.9 Å². The lowest BCUT2D eigenvalue weighted by Crippen LogP contribution is -2.31. The molecule has 1 fully saturated rings. The molecule has 1 aliphatic carbocycles. The number of benzene rings is 1. The standard InChI is InChI=1S/C14H18BrNO2/c1-9-7-11(17)5-6-12(9)14(18)16-8-10-3-2-4-13(10)15/h5-7,10,13,17H,2-4,8H2,1H3,(H,16,18). The molecule has 1 aromatic carbocycles. The fraction of sp³-hybridized carbons (Fsp3) is 0.500. The minimum absolute atomic E-state index is 0.0564. The van der Waals surface area contributed by atoms with E-state index in [1.165, 1.54) is 19.3 Å². The second-order valence-electron chi connectivity index (χ2n) is 4.92. The monoisotopic (exact) mass is 311 g/mol. The maximum absolute atomic E-state index is 12.0. The average Bonchev–Trinajstić information content (AvgIpc) is 2.72. The molecule has 0 bridgehead atoms. The topological polar surface area (TPSA) is 49.3 Å². The van der Waals surface area contributed by atoms with Crippen LogP contribution < -0.4 is 5.32 Å². The highest BCUT2D eigenvalue weighted by Gasteiger charge is 2.25. The number of alkyl halides is 1. The lowest BCUT2D eigenvalue weighted by Gasteiger charge is -2.15. The Labute approximate surface area is 116 Å². The summed E-state index contributed by atoms with van der Waals surface area (Å²) in [6, 6.07) is 4.82. The molecule has 0 saturated heterocycles. The van der Waals surface area contributed by atoms with E-state index in [4.69, 9.17) is 0 Å². The van der Waals surface area contributed by atoms with E-state index in [1.807, 2.05) is 6.92 Å². The molecule has 2 atom stereocenters. The van der Waals surface area contributed by atoms with E-state index < -0.39 is 0 Å². The van der Waals surface area contributed by atoms with Crippen LogP contribution in [0.3, 0.4) is 0 Å². The number of amides is 1. The fourth-order valence-electron chi connectivity index (χ4n) is 2.44. The Morgan fingerprint density at radius 2 is 2.28 bits per heavy atom. The summed E-state index contributed by atoms with van der Waals surface area (Å²) in [5.74, 6) is 0.672. The predicted molar refractivity (Wildman–Crippen MR) is 75.2 cm³/mol. The minimum Gasteiger partial charge on any atom is -0.508 e. The van der Waals surface area contributed by atoms with Crippen molar-refractivity contribution in [3.63, 3.8) is 0 Å². The fourth-order valence-corrected chi connectivity index (χ4v) is 3.22. The van der Waals surface area contributed by atoms with E-state index in [2.05, 4.69) is 21.2 Å².